The van der Waals surface area contributed by atoms with Crippen LogP contribution in [-0.2, 0) is 0 Å². The van der Waals surface area contributed by atoms with Crippen LogP contribution >= 0.6 is 11.6 Å². The first-order valence-electron chi connectivity index (χ1n) is 4.62. The number of carboxylic acids is 1. The van der Waals surface area contributed by atoms with Gasteiger partial charge in [0, 0.05) is 18.0 Å². The van der Waals surface area contributed by atoms with Crippen molar-refractivity contribution in [3.05, 3.63) is 53.3 Å². The Morgan fingerprint density at radius 1 is 1.25 bits per heavy atom. The number of pyridine rings is 1. The molecule has 0 aliphatic rings. The maximum Gasteiger partial charge on any atom is 0.336 e. The van der Waals surface area contributed by atoms with Crippen LogP contribution in [0.2, 0.25) is 5.02 Å². The zero-order valence-corrected chi connectivity index (χ0v) is 8.98. The Balaban J connectivity index is 2.60. The fourth-order valence-electron chi connectivity index (χ4n) is 1.48. The monoisotopic (exact) mass is 233 g/mol. The van der Waals surface area contributed by atoms with Crippen LogP contribution in [0.25, 0.3) is 11.1 Å². The van der Waals surface area contributed by atoms with E-state index in [-0.39, 0.29) is 5.56 Å². The number of rotatable bonds is 2. The van der Waals surface area contributed by atoms with Gasteiger partial charge in [-0.05, 0) is 17.7 Å². The molecule has 16 heavy (non-hydrogen) atoms. The van der Waals surface area contributed by atoms with Gasteiger partial charge >= 0.3 is 5.97 Å². The number of nitrogens with zero attached hydrogens (tertiary/aromatic N) is 1. The van der Waals surface area contributed by atoms with Gasteiger partial charge in [0.05, 0.1) is 10.6 Å². The Morgan fingerprint density at radius 3 is 2.69 bits per heavy atom. The number of halogens is 1. The first-order valence-corrected chi connectivity index (χ1v) is 4.99. The second kappa shape index (κ2) is 4.33. The predicted molar refractivity (Wildman–Crippen MR) is 61.6 cm³/mol. The summed E-state index contributed by atoms with van der Waals surface area (Å²) in [5.74, 6) is -0.962. The zero-order chi connectivity index (χ0) is 11.5. The van der Waals surface area contributed by atoms with Crippen LogP contribution in [0, 0.1) is 0 Å². The number of hydrogen-bond acceptors (Lipinski definition) is 2. The van der Waals surface area contributed by atoms with Gasteiger partial charge in [0.25, 0.3) is 0 Å². The van der Waals surface area contributed by atoms with Gasteiger partial charge < -0.3 is 5.11 Å². The summed E-state index contributed by atoms with van der Waals surface area (Å²) in [7, 11) is 0. The van der Waals surface area contributed by atoms with E-state index in [4.69, 9.17) is 16.7 Å². The van der Waals surface area contributed by atoms with Gasteiger partial charge in [0.15, 0.2) is 0 Å². The maximum absolute atomic E-state index is 11.0. The Labute approximate surface area is 97.3 Å². The molecule has 0 bridgehead atoms. The molecule has 1 aromatic heterocycles. The highest BCUT2D eigenvalue weighted by Crippen LogP contribution is 2.24. The largest absolute Gasteiger partial charge is 0.478 e. The number of benzene rings is 1. The van der Waals surface area contributed by atoms with Crippen molar-refractivity contribution >= 4 is 17.6 Å². The third-order valence-electron chi connectivity index (χ3n) is 2.17. The van der Waals surface area contributed by atoms with Crippen LogP contribution in [-0.4, -0.2) is 16.1 Å². The molecule has 0 saturated heterocycles. The minimum absolute atomic E-state index is 0.242. The lowest BCUT2D eigenvalue weighted by atomic mass is 10.0. The van der Waals surface area contributed by atoms with E-state index in [9.17, 15) is 4.79 Å². The normalized spacial score (nSPS) is 10.1. The van der Waals surface area contributed by atoms with E-state index in [2.05, 4.69) is 4.98 Å². The second-order valence-electron chi connectivity index (χ2n) is 3.24. The van der Waals surface area contributed by atoms with E-state index in [1.165, 1.54) is 6.20 Å². The van der Waals surface area contributed by atoms with Crippen molar-refractivity contribution in [1.29, 1.82) is 0 Å². The summed E-state index contributed by atoms with van der Waals surface area (Å²) >= 11 is 5.82. The van der Waals surface area contributed by atoms with Gasteiger partial charge in [-0.2, -0.15) is 0 Å². The lowest BCUT2D eigenvalue weighted by molar-refractivity contribution is 0.0698. The molecule has 0 aliphatic carbocycles. The fourth-order valence-corrected chi connectivity index (χ4v) is 1.65. The third-order valence-corrected chi connectivity index (χ3v) is 2.38. The van der Waals surface area contributed by atoms with Crippen molar-refractivity contribution in [3.63, 3.8) is 0 Å². The first-order chi connectivity index (χ1) is 7.68. The van der Waals surface area contributed by atoms with Crippen LogP contribution < -0.4 is 0 Å². The summed E-state index contributed by atoms with van der Waals surface area (Å²) in [4.78, 5) is 15.0. The molecule has 1 aromatic carbocycles. The minimum atomic E-state index is -0.962. The number of carboxylic acid groups (broad SMARTS) is 1. The number of aromatic nitrogens is 1. The molecule has 0 amide bonds. The number of aromatic carboxylic acids is 1. The maximum atomic E-state index is 11.0. The van der Waals surface area contributed by atoms with Gasteiger partial charge in [-0.15, -0.1) is 0 Å². The third kappa shape index (κ3) is 2.04. The van der Waals surface area contributed by atoms with Gasteiger partial charge in [-0.1, -0.05) is 29.8 Å². The van der Waals surface area contributed by atoms with Gasteiger partial charge in [0.1, 0.15) is 0 Å². The molecular weight excluding hydrogens is 226 g/mol. The lowest BCUT2D eigenvalue weighted by Crippen LogP contribution is -1.99. The lowest BCUT2D eigenvalue weighted by Gasteiger charge is -2.05. The molecule has 0 radical (unpaired) electrons. The minimum Gasteiger partial charge on any atom is -0.478 e. The van der Waals surface area contributed by atoms with E-state index in [0.717, 1.165) is 0 Å². The number of hydrogen-bond donors (Lipinski definition) is 1. The van der Waals surface area contributed by atoms with Crippen LogP contribution in [0.15, 0.2) is 42.7 Å². The van der Waals surface area contributed by atoms with E-state index in [1.807, 2.05) is 0 Å². The van der Waals surface area contributed by atoms with Crippen molar-refractivity contribution in [2.45, 2.75) is 0 Å². The summed E-state index contributed by atoms with van der Waals surface area (Å²) in [5.41, 5.74) is 1.56. The van der Waals surface area contributed by atoms with Crippen LogP contribution in [0.4, 0.5) is 0 Å². The fraction of sp³-hybridized carbons (Fsp3) is 0. The van der Waals surface area contributed by atoms with Crippen molar-refractivity contribution in [2.24, 2.45) is 0 Å². The van der Waals surface area contributed by atoms with Crippen molar-refractivity contribution in [1.82, 2.24) is 4.98 Å². The summed E-state index contributed by atoms with van der Waals surface area (Å²) in [5, 5.41) is 9.53. The summed E-state index contributed by atoms with van der Waals surface area (Å²) in [6, 6.07) is 8.44. The molecule has 80 valence electrons. The molecule has 4 heteroatoms. The molecule has 0 aliphatic heterocycles. The summed E-state index contributed by atoms with van der Waals surface area (Å²) in [6.07, 6.45) is 3.10. The van der Waals surface area contributed by atoms with E-state index >= 15 is 0 Å². The molecule has 0 atom stereocenters. The average molecular weight is 234 g/mol. The first kappa shape index (κ1) is 10.6. The molecule has 0 saturated carbocycles. The molecule has 3 nitrogen and oxygen atoms in total. The van der Waals surface area contributed by atoms with Crippen molar-refractivity contribution < 1.29 is 9.90 Å². The zero-order valence-electron chi connectivity index (χ0n) is 8.22. The summed E-state index contributed by atoms with van der Waals surface area (Å²) in [6.45, 7) is 0. The van der Waals surface area contributed by atoms with Crippen molar-refractivity contribution in [3.8, 4) is 11.1 Å². The van der Waals surface area contributed by atoms with Crippen molar-refractivity contribution in [2.75, 3.05) is 0 Å². The predicted octanol–water partition coefficient (Wildman–Crippen LogP) is 3.10. The van der Waals surface area contributed by atoms with E-state index < -0.39 is 5.97 Å². The summed E-state index contributed by atoms with van der Waals surface area (Å²) < 4.78 is 0. The van der Waals surface area contributed by atoms with Gasteiger partial charge in [0.2, 0.25) is 0 Å². The molecule has 0 fully saturated rings. The highest BCUT2D eigenvalue weighted by Gasteiger charge is 2.10. The van der Waals surface area contributed by atoms with Gasteiger partial charge in [-0.25, -0.2) is 4.79 Å². The highest BCUT2D eigenvalue weighted by atomic mass is 35.5. The number of carbonyl (C=O) groups is 1. The highest BCUT2D eigenvalue weighted by molar-refractivity contribution is 6.30. The smallest absolute Gasteiger partial charge is 0.336 e. The molecular formula is C12H8ClNO2. The average Bonchev–Trinajstić information content (AvgIpc) is 2.29. The topological polar surface area (TPSA) is 50.2 Å². The molecule has 1 N–H and O–H groups in total. The molecule has 2 rings (SSSR count). The van der Waals surface area contributed by atoms with E-state index in [0.29, 0.717) is 16.1 Å². The van der Waals surface area contributed by atoms with Crippen LogP contribution in [0.1, 0.15) is 10.4 Å². The van der Waals surface area contributed by atoms with Gasteiger partial charge in [-0.3, -0.25) is 4.98 Å². The molecule has 2 aromatic rings. The molecule has 0 unspecified atom stereocenters. The standard InChI is InChI=1S/C12H8ClNO2/c13-9-5-8(6-14-7-9)10-3-1-2-4-11(10)12(15)16/h1-7H,(H,15,16). The van der Waals surface area contributed by atoms with Crippen LogP contribution in [0.3, 0.4) is 0 Å². The Kier molecular flexibility index (Phi) is 2.88. The van der Waals surface area contributed by atoms with E-state index in [1.54, 1.807) is 36.5 Å². The SMILES string of the molecule is O=C(O)c1ccccc1-c1cncc(Cl)c1. The quantitative estimate of drug-likeness (QED) is 0.867. The Bertz CT molecular complexity index is 540. The second-order valence-corrected chi connectivity index (χ2v) is 3.68. The molecule has 1 heterocycles. The Hall–Kier alpha value is -1.87. The Morgan fingerprint density at radius 2 is 2.00 bits per heavy atom. The van der Waals surface area contributed by atoms with Crippen LogP contribution in [0.5, 0.6) is 0 Å². The molecule has 0 spiro atoms.